The minimum Gasteiger partial charge on any atom is -0.480 e. The minimum absolute atomic E-state index is 0.0461. The highest BCUT2D eigenvalue weighted by Gasteiger charge is 2.37. The first-order chi connectivity index (χ1) is 19.6. The van der Waals surface area contributed by atoms with Gasteiger partial charge in [0.15, 0.2) is 0 Å². The molecule has 2 atom stereocenters. The lowest BCUT2D eigenvalue weighted by Crippen LogP contribution is -2.57. The monoisotopic (exact) mass is 566 g/mol. The number of hydrogen-bond acceptors (Lipinski definition) is 8. The fourth-order valence-corrected chi connectivity index (χ4v) is 5.41. The van der Waals surface area contributed by atoms with Gasteiger partial charge in [-0.25, -0.2) is 0 Å². The molecule has 2 N–H and O–H groups in total. The Balaban J connectivity index is 1.40. The first kappa shape index (κ1) is 30.1. The molecule has 0 saturated carbocycles. The minimum atomic E-state index is -1.16. The number of ether oxygens (including phenoxy) is 1. The van der Waals surface area contributed by atoms with Crippen LogP contribution in [0.3, 0.4) is 0 Å². The number of carboxylic acids is 1. The molecule has 0 spiro atoms. The molecule has 0 radical (unpaired) electrons. The number of rotatable bonds is 12. The van der Waals surface area contributed by atoms with E-state index < -0.39 is 29.9 Å². The van der Waals surface area contributed by atoms with E-state index in [9.17, 15) is 29.1 Å². The predicted octanol–water partition coefficient (Wildman–Crippen LogP) is 1.99. The molecule has 11 heteroatoms. The molecule has 220 valence electrons. The van der Waals surface area contributed by atoms with Crippen LogP contribution in [0.2, 0.25) is 0 Å². The van der Waals surface area contributed by atoms with E-state index in [4.69, 9.17) is 4.74 Å². The number of amides is 3. The van der Waals surface area contributed by atoms with E-state index in [2.05, 4.69) is 5.32 Å². The zero-order valence-corrected chi connectivity index (χ0v) is 23.8. The third-order valence-electron chi connectivity index (χ3n) is 7.53. The number of aliphatic carboxylic acids is 1. The van der Waals surface area contributed by atoms with Crippen molar-refractivity contribution < 1.29 is 33.8 Å². The van der Waals surface area contributed by atoms with Crippen molar-refractivity contribution in [2.24, 2.45) is 5.92 Å². The van der Waals surface area contributed by atoms with E-state index >= 15 is 0 Å². The van der Waals surface area contributed by atoms with Gasteiger partial charge in [0.05, 0.1) is 30.3 Å². The van der Waals surface area contributed by atoms with E-state index in [0.717, 1.165) is 15.7 Å². The molecule has 2 unspecified atom stereocenters. The van der Waals surface area contributed by atoms with Crippen molar-refractivity contribution in [3.8, 4) is 0 Å². The molecule has 0 aromatic heterocycles. The second-order valence-electron chi connectivity index (χ2n) is 10.9. The average Bonchev–Trinajstić information content (AvgIpc) is 3.17. The predicted molar refractivity (Wildman–Crippen MR) is 151 cm³/mol. The molecule has 41 heavy (non-hydrogen) atoms. The number of nitrogens with one attached hydrogen (secondary N) is 1. The number of piperazine rings is 1. The summed E-state index contributed by atoms with van der Waals surface area (Å²) in [7, 11) is 0. The first-order valence-electron chi connectivity index (χ1n) is 14.1. The zero-order chi connectivity index (χ0) is 29.7. The lowest BCUT2D eigenvalue weighted by Gasteiger charge is -2.37. The van der Waals surface area contributed by atoms with Crippen LogP contribution in [0.5, 0.6) is 0 Å². The molecule has 11 nitrogen and oxygen atoms in total. The maximum atomic E-state index is 13.5. The lowest BCUT2D eigenvalue weighted by molar-refractivity contribution is -0.145. The van der Waals surface area contributed by atoms with Crippen LogP contribution in [0.25, 0.3) is 10.8 Å². The summed E-state index contributed by atoms with van der Waals surface area (Å²) in [6.45, 7) is 7.89. The Morgan fingerprint density at radius 3 is 2.05 bits per heavy atom. The van der Waals surface area contributed by atoms with E-state index in [1.165, 1.54) is 0 Å². The fraction of sp³-hybridized carbons (Fsp3) is 0.500. The summed E-state index contributed by atoms with van der Waals surface area (Å²) >= 11 is 0. The zero-order valence-electron chi connectivity index (χ0n) is 23.8. The van der Waals surface area contributed by atoms with Gasteiger partial charge in [0.1, 0.15) is 6.04 Å². The standard InChI is InChI=1S/C30H38N4O7/c1-4-41-26(35)18-32-11-13-33(14-12-32)29(38)25(15-19(2)3)31-24(30(39)40)9-10-34-27(36)22-16-20-7-5-6-8-21(20)17-23(22)28(34)37/h5-8,16-17,19,24-25,31H,4,9-15,18H2,1-3H3,(H,39,40). The van der Waals surface area contributed by atoms with Gasteiger partial charge in [-0.15, -0.1) is 0 Å². The highest BCUT2D eigenvalue weighted by molar-refractivity contribution is 6.23. The summed E-state index contributed by atoms with van der Waals surface area (Å²) < 4.78 is 5.00. The largest absolute Gasteiger partial charge is 0.480 e. The van der Waals surface area contributed by atoms with Crippen LogP contribution in [-0.4, -0.2) is 107 Å². The van der Waals surface area contributed by atoms with Crippen LogP contribution in [-0.2, 0) is 19.1 Å². The SMILES string of the molecule is CCOC(=O)CN1CCN(C(=O)C(CC(C)C)NC(CCN2C(=O)c3cc4ccccc4cc3C2=O)C(=O)O)CC1. The Hall–Kier alpha value is -3.83. The van der Waals surface area contributed by atoms with Crippen molar-refractivity contribution in [2.75, 3.05) is 45.9 Å². The fourth-order valence-electron chi connectivity index (χ4n) is 5.41. The smallest absolute Gasteiger partial charge is 0.320 e. The quantitative estimate of drug-likeness (QED) is 0.292. The van der Waals surface area contributed by atoms with Crippen LogP contribution >= 0.6 is 0 Å². The molecule has 2 aromatic rings. The van der Waals surface area contributed by atoms with Crippen LogP contribution < -0.4 is 5.32 Å². The molecule has 1 saturated heterocycles. The Labute approximate surface area is 239 Å². The van der Waals surface area contributed by atoms with Gasteiger partial charge >= 0.3 is 11.9 Å². The first-order valence-corrected chi connectivity index (χ1v) is 14.1. The summed E-state index contributed by atoms with van der Waals surface area (Å²) in [4.78, 5) is 68.4. The summed E-state index contributed by atoms with van der Waals surface area (Å²) in [5.41, 5.74) is 0.618. The third-order valence-corrected chi connectivity index (χ3v) is 7.53. The molecule has 4 rings (SSSR count). The molecule has 1 fully saturated rings. The Morgan fingerprint density at radius 2 is 1.54 bits per heavy atom. The van der Waals surface area contributed by atoms with Gasteiger partial charge in [-0.2, -0.15) is 0 Å². The normalized spacial score (nSPS) is 17.2. The number of esters is 1. The molecule has 2 aromatic carbocycles. The van der Waals surface area contributed by atoms with Crippen molar-refractivity contribution in [1.29, 1.82) is 0 Å². The van der Waals surface area contributed by atoms with Gasteiger partial charge in [-0.3, -0.25) is 39.1 Å². The number of nitrogens with zero attached hydrogens (tertiary/aromatic N) is 3. The Morgan fingerprint density at radius 1 is 0.951 bits per heavy atom. The number of carbonyl (C=O) groups is 5. The second-order valence-corrected chi connectivity index (χ2v) is 10.9. The molecule has 3 amide bonds. The topological polar surface area (TPSA) is 137 Å². The number of carboxylic acid groups (broad SMARTS) is 1. The Bertz CT molecular complexity index is 1260. The van der Waals surface area contributed by atoms with Gasteiger partial charge in [-0.1, -0.05) is 38.1 Å². The summed E-state index contributed by atoms with van der Waals surface area (Å²) in [6, 6.07) is 8.95. The molecule has 2 heterocycles. The third kappa shape index (κ3) is 7.09. The van der Waals surface area contributed by atoms with Crippen molar-refractivity contribution in [2.45, 2.75) is 45.7 Å². The van der Waals surface area contributed by atoms with Gasteiger partial charge in [0.2, 0.25) is 5.91 Å². The van der Waals surface area contributed by atoms with Gasteiger partial charge in [0.25, 0.3) is 11.8 Å². The molecular formula is C30H38N4O7. The van der Waals surface area contributed by atoms with Crippen molar-refractivity contribution >= 4 is 40.4 Å². The summed E-state index contributed by atoms with van der Waals surface area (Å²) in [5, 5.41) is 14.7. The van der Waals surface area contributed by atoms with Gasteiger partial charge < -0.3 is 14.7 Å². The Kier molecular flexibility index (Phi) is 9.72. The van der Waals surface area contributed by atoms with Crippen molar-refractivity contribution in [3.63, 3.8) is 0 Å². The number of hydrogen-bond donors (Lipinski definition) is 2. The van der Waals surface area contributed by atoms with Crippen LogP contribution in [0, 0.1) is 5.92 Å². The average molecular weight is 567 g/mol. The maximum absolute atomic E-state index is 13.5. The van der Waals surface area contributed by atoms with E-state index in [1.807, 2.05) is 43.0 Å². The van der Waals surface area contributed by atoms with Crippen LogP contribution in [0.1, 0.15) is 54.3 Å². The second kappa shape index (κ2) is 13.2. The number of imide groups is 1. The summed E-state index contributed by atoms with van der Waals surface area (Å²) in [5.74, 6) is -2.45. The van der Waals surface area contributed by atoms with E-state index in [-0.39, 0.29) is 37.3 Å². The number of benzene rings is 2. The summed E-state index contributed by atoms with van der Waals surface area (Å²) in [6.07, 6.45) is 0.376. The number of fused-ring (bicyclic) bond motifs is 2. The van der Waals surface area contributed by atoms with E-state index in [0.29, 0.717) is 50.3 Å². The molecule has 2 aliphatic rings. The molecule has 0 bridgehead atoms. The van der Waals surface area contributed by atoms with Crippen LogP contribution in [0.4, 0.5) is 0 Å². The van der Waals surface area contributed by atoms with Crippen molar-refractivity contribution in [1.82, 2.24) is 20.0 Å². The maximum Gasteiger partial charge on any atom is 0.320 e. The van der Waals surface area contributed by atoms with Gasteiger partial charge in [-0.05, 0) is 48.6 Å². The highest BCUT2D eigenvalue weighted by Crippen LogP contribution is 2.28. The van der Waals surface area contributed by atoms with Crippen molar-refractivity contribution in [3.05, 3.63) is 47.5 Å². The molecule has 0 aliphatic carbocycles. The van der Waals surface area contributed by atoms with E-state index in [1.54, 1.807) is 24.0 Å². The molecular weight excluding hydrogens is 528 g/mol. The molecule has 2 aliphatic heterocycles. The van der Waals surface area contributed by atoms with Gasteiger partial charge in [0, 0.05) is 32.7 Å². The lowest BCUT2D eigenvalue weighted by atomic mass is 10.0. The number of carbonyl (C=O) groups excluding carboxylic acids is 4. The van der Waals surface area contributed by atoms with Crippen LogP contribution in [0.15, 0.2) is 36.4 Å². The highest BCUT2D eigenvalue weighted by atomic mass is 16.5.